The van der Waals surface area contributed by atoms with Crippen molar-refractivity contribution in [3.8, 4) is 17.3 Å². The molecule has 7 heteroatoms. The topological polar surface area (TPSA) is 64.3 Å². The number of nitrogens with one attached hydrogen (secondary N) is 1. The fourth-order valence-electron chi connectivity index (χ4n) is 8.23. The number of carbonyl (C=O) groups is 1. The van der Waals surface area contributed by atoms with E-state index in [1.165, 1.54) is 61.5 Å². The van der Waals surface area contributed by atoms with Gasteiger partial charge in [-0.25, -0.2) is 4.98 Å². The molecular formula is C33H37N5O2. The molecule has 0 radical (unpaired) electrons. The highest BCUT2D eigenvalue weighted by molar-refractivity contribution is 6.01. The number of methoxy groups -OCH3 is 1. The Kier molecular flexibility index (Phi) is 4.68. The number of fused-ring (bicyclic) bond motifs is 2. The minimum absolute atomic E-state index is 0.129. The van der Waals surface area contributed by atoms with Gasteiger partial charge in [0.2, 0.25) is 0 Å². The number of ether oxygens (including phenoxy) is 1. The lowest BCUT2D eigenvalue weighted by Gasteiger charge is -2.56. The molecule has 2 aromatic carbocycles. The molecule has 1 unspecified atom stereocenters. The molecule has 3 heterocycles. The van der Waals surface area contributed by atoms with Crippen molar-refractivity contribution in [2.75, 3.05) is 25.5 Å². The highest BCUT2D eigenvalue weighted by atomic mass is 16.5. The third kappa shape index (κ3) is 3.36. The molecule has 206 valence electrons. The summed E-state index contributed by atoms with van der Waals surface area (Å²) in [5.74, 6) is 4.17. The van der Waals surface area contributed by atoms with Crippen molar-refractivity contribution in [1.82, 2.24) is 19.0 Å². The standard InChI is InChI=1S/C33H37N5O2/c1-36-30-25(11-23(13-28(30)40-2)32(39)38-18-33-14-21(15-33)9-29(33)38)35-31(36)27-12-22-10-24(34-16-19-3-4-19)7-8-26(22)37(27)17-20-5-6-20/h7-8,10-13,19-21,29,34H,3-6,9,14-18H2,1-2H3. The van der Waals surface area contributed by atoms with E-state index < -0.39 is 0 Å². The van der Waals surface area contributed by atoms with Gasteiger partial charge in [0, 0.05) is 60.3 Å². The molecule has 5 saturated carbocycles. The van der Waals surface area contributed by atoms with Crippen LogP contribution in [0.3, 0.4) is 0 Å². The Balaban J connectivity index is 1.11. The summed E-state index contributed by atoms with van der Waals surface area (Å²) in [6.45, 7) is 2.99. The summed E-state index contributed by atoms with van der Waals surface area (Å²) >= 11 is 0. The summed E-state index contributed by atoms with van der Waals surface area (Å²) < 4.78 is 10.5. The number of carbonyl (C=O) groups excluding carboxylic acids is 1. The van der Waals surface area contributed by atoms with Gasteiger partial charge in [0.15, 0.2) is 5.82 Å². The number of imidazole rings is 1. The van der Waals surface area contributed by atoms with E-state index in [4.69, 9.17) is 9.72 Å². The van der Waals surface area contributed by atoms with Crippen LogP contribution in [0.2, 0.25) is 0 Å². The van der Waals surface area contributed by atoms with E-state index in [1.807, 2.05) is 12.1 Å². The van der Waals surface area contributed by atoms with Crippen LogP contribution in [-0.2, 0) is 13.6 Å². The lowest BCUT2D eigenvalue weighted by Crippen LogP contribution is -2.64. The van der Waals surface area contributed by atoms with Gasteiger partial charge in [0.05, 0.1) is 18.3 Å². The van der Waals surface area contributed by atoms with E-state index in [2.05, 4.69) is 50.7 Å². The lowest BCUT2D eigenvalue weighted by molar-refractivity contribution is -0.0552. The van der Waals surface area contributed by atoms with Crippen molar-refractivity contribution in [2.24, 2.45) is 30.2 Å². The molecule has 6 fully saturated rings. The molecule has 2 aromatic heterocycles. The molecule has 1 amide bonds. The van der Waals surface area contributed by atoms with E-state index in [9.17, 15) is 4.79 Å². The zero-order valence-electron chi connectivity index (χ0n) is 23.4. The first-order valence-electron chi connectivity index (χ1n) is 15.2. The summed E-state index contributed by atoms with van der Waals surface area (Å²) in [4.78, 5) is 20.9. The first-order valence-corrected chi connectivity index (χ1v) is 15.2. The number of rotatable bonds is 8. The van der Waals surface area contributed by atoms with Crippen molar-refractivity contribution >= 4 is 33.5 Å². The van der Waals surface area contributed by atoms with Gasteiger partial charge in [0.1, 0.15) is 11.3 Å². The third-order valence-electron chi connectivity index (χ3n) is 10.7. The normalized spacial score (nSPS) is 26.6. The Bertz CT molecular complexity index is 1700. The SMILES string of the molecule is COc1cc(C(=O)N2CC34CC(CC23)C4)cc2nc(-c3cc4cc(NCC5CC5)ccc4n3CC3CC3)n(C)c12. The summed E-state index contributed by atoms with van der Waals surface area (Å²) in [5, 5.41) is 4.88. The van der Waals surface area contributed by atoms with Crippen LogP contribution in [0.15, 0.2) is 36.4 Å². The molecule has 1 N–H and O–H groups in total. The van der Waals surface area contributed by atoms with Crippen LogP contribution in [0, 0.1) is 23.2 Å². The molecule has 10 rings (SSSR count). The Morgan fingerprint density at radius 1 is 1.10 bits per heavy atom. The molecule has 5 aliphatic carbocycles. The molecule has 1 aliphatic heterocycles. The number of aryl methyl sites for hydroxylation is 1. The van der Waals surface area contributed by atoms with E-state index in [0.717, 1.165) is 59.9 Å². The Hall–Kier alpha value is -3.48. The minimum Gasteiger partial charge on any atom is -0.494 e. The average Bonchev–Trinajstić information content (AvgIpc) is 3.83. The minimum atomic E-state index is 0.129. The summed E-state index contributed by atoms with van der Waals surface area (Å²) in [6, 6.07) is 13.4. The molecule has 40 heavy (non-hydrogen) atoms. The number of nitrogens with zero attached hydrogens (tertiary/aromatic N) is 4. The van der Waals surface area contributed by atoms with Gasteiger partial charge in [-0.1, -0.05) is 0 Å². The Morgan fingerprint density at radius 3 is 2.67 bits per heavy atom. The monoisotopic (exact) mass is 535 g/mol. The predicted molar refractivity (Wildman–Crippen MR) is 157 cm³/mol. The van der Waals surface area contributed by atoms with Crippen molar-refractivity contribution in [3.63, 3.8) is 0 Å². The summed E-state index contributed by atoms with van der Waals surface area (Å²) in [7, 11) is 3.77. The molecule has 1 saturated heterocycles. The van der Waals surface area contributed by atoms with Crippen LogP contribution in [-0.4, -0.2) is 51.2 Å². The molecule has 4 aromatic rings. The highest BCUT2D eigenvalue weighted by Gasteiger charge is 2.67. The molecule has 7 nitrogen and oxygen atoms in total. The van der Waals surface area contributed by atoms with Crippen LogP contribution in [0.4, 0.5) is 5.69 Å². The van der Waals surface area contributed by atoms with Crippen molar-refractivity contribution < 1.29 is 9.53 Å². The molecule has 2 bridgehead atoms. The number of benzene rings is 2. The maximum atomic E-state index is 13.7. The van der Waals surface area contributed by atoms with E-state index in [-0.39, 0.29) is 5.91 Å². The Morgan fingerprint density at radius 2 is 1.93 bits per heavy atom. The fourth-order valence-corrected chi connectivity index (χ4v) is 8.23. The Labute approximate surface area is 234 Å². The molecule has 1 atom stereocenters. The number of anilines is 1. The zero-order chi connectivity index (χ0) is 26.7. The van der Waals surface area contributed by atoms with Gasteiger partial charge in [0.25, 0.3) is 5.91 Å². The lowest BCUT2D eigenvalue weighted by atomic mass is 9.63. The number of amides is 1. The van der Waals surface area contributed by atoms with Gasteiger partial charge in [-0.2, -0.15) is 0 Å². The predicted octanol–water partition coefficient (Wildman–Crippen LogP) is 6.06. The van der Waals surface area contributed by atoms with E-state index in [1.54, 1.807) is 7.11 Å². The van der Waals surface area contributed by atoms with Gasteiger partial charge in [-0.05, 0) is 99.1 Å². The third-order valence-corrected chi connectivity index (χ3v) is 10.7. The van der Waals surface area contributed by atoms with Crippen molar-refractivity contribution in [1.29, 1.82) is 0 Å². The number of likely N-dealkylation sites (tertiary alicyclic amines) is 1. The number of aromatic nitrogens is 3. The van der Waals surface area contributed by atoms with Crippen molar-refractivity contribution in [3.05, 3.63) is 42.0 Å². The first kappa shape index (κ1) is 23.2. The number of hydrogen-bond acceptors (Lipinski definition) is 4. The van der Waals surface area contributed by atoms with Gasteiger partial charge < -0.3 is 24.1 Å². The van der Waals surface area contributed by atoms with Crippen LogP contribution in [0.5, 0.6) is 5.75 Å². The molecular weight excluding hydrogens is 498 g/mol. The molecule has 1 spiro atoms. The second-order valence-electron chi connectivity index (χ2n) is 13.5. The van der Waals surface area contributed by atoms with Crippen LogP contribution in [0.1, 0.15) is 55.3 Å². The van der Waals surface area contributed by atoms with E-state index >= 15 is 0 Å². The zero-order valence-corrected chi connectivity index (χ0v) is 23.4. The molecule has 6 aliphatic rings. The van der Waals surface area contributed by atoms with Crippen LogP contribution >= 0.6 is 0 Å². The maximum absolute atomic E-state index is 13.7. The summed E-state index contributed by atoms with van der Waals surface area (Å²) in [5.41, 5.74) is 6.47. The quantitative estimate of drug-likeness (QED) is 0.298. The van der Waals surface area contributed by atoms with Gasteiger partial charge in [-0.15, -0.1) is 0 Å². The van der Waals surface area contributed by atoms with Crippen LogP contribution < -0.4 is 10.1 Å². The smallest absolute Gasteiger partial charge is 0.254 e. The second kappa shape index (κ2) is 8.05. The fraction of sp³-hybridized carbons (Fsp3) is 0.515. The van der Waals surface area contributed by atoms with Gasteiger partial charge >= 0.3 is 0 Å². The van der Waals surface area contributed by atoms with Crippen LogP contribution in [0.25, 0.3) is 33.5 Å². The first-order chi connectivity index (χ1) is 19.5. The highest BCUT2D eigenvalue weighted by Crippen LogP contribution is 2.66. The van der Waals surface area contributed by atoms with Gasteiger partial charge in [-0.3, -0.25) is 4.79 Å². The summed E-state index contributed by atoms with van der Waals surface area (Å²) in [6.07, 6.45) is 9.10. The van der Waals surface area contributed by atoms with Crippen molar-refractivity contribution in [2.45, 2.75) is 57.5 Å². The maximum Gasteiger partial charge on any atom is 0.254 e. The van der Waals surface area contributed by atoms with E-state index in [0.29, 0.717) is 22.8 Å². The average molecular weight is 536 g/mol. The number of hydrogen-bond donors (Lipinski definition) is 1. The largest absolute Gasteiger partial charge is 0.494 e. The second-order valence-corrected chi connectivity index (χ2v) is 13.5.